The molecule has 1 heterocycles. The summed E-state index contributed by atoms with van der Waals surface area (Å²) in [5.41, 5.74) is 0.000855. The van der Waals surface area contributed by atoms with Crippen LogP contribution in [0.1, 0.15) is 51.9 Å². The van der Waals surface area contributed by atoms with Gasteiger partial charge in [0.1, 0.15) is 0 Å². The van der Waals surface area contributed by atoms with E-state index in [1.54, 1.807) is 0 Å². The van der Waals surface area contributed by atoms with Crippen LogP contribution in [-0.4, -0.2) is 61.5 Å². The molecule has 2 unspecified atom stereocenters. The zero-order chi connectivity index (χ0) is 15.1. The van der Waals surface area contributed by atoms with Gasteiger partial charge in [-0.3, -0.25) is 0 Å². The third-order valence-corrected chi connectivity index (χ3v) is 5.63. The van der Waals surface area contributed by atoms with Gasteiger partial charge >= 0.3 is 0 Å². The standard InChI is InChI=1S/C17H34N2O2/c1-3-10-18-17(14-20)9-4-5-15(17)6-11-19-12-7-16(21-2)8-13-19/h15-16,18,20H,3-14H2,1-2H3. The van der Waals surface area contributed by atoms with Crippen LogP contribution < -0.4 is 5.32 Å². The first-order chi connectivity index (χ1) is 10.2. The summed E-state index contributed by atoms with van der Waals surface area (Å²) in [4.78, 5) is 2.58. The highest BCUT2D eigenvalue weighted by atomic mass is 16.5. The van der Waals surface area contributed by atoms with Crippen molar-refractivity contribution in [3.63, 3.8) is 0 Å². The predicted molar refractivity (Wildman–Crippen MR) is 86.5 cm³/mol. The molecular formula is C17H34N2O2. The van der Waals surface area contributed by atoms with Crippen molar-refractivity contribution in [3.8, 4) is 0 Å². The molecule has 4 nitrogen and oxygen atoms in total. The van der Waals surface area contributed by atoms with E-state index < -0.39 is 0 Å². The van der Waals surface area contributed by atoms with Gasteiger partial charge in [-0.2, -0.15) is 0 Å². The zero-order valence-electron chi connectivity index (χ0n) is 13.9. The van der Waals surface area contributed by atoms with Gasteiger partial charge in [0.25, 0.3) is 0 Å². The van der Waals surface area contributed by atoms with Gasteiger partial charge in [0.2, 0.25) is 0 Å². The van der Waals surface area contributed by atoms with Crippen LogP contribution in [0.15, 0.2) is 0 Å². The molecule has 0 spiro atoms. The summed E-state index contributed by atoms with van der Waals surface area (Å²) in [6.45, 7) is 7.03. The van der Waals surface area contributed by atoms with E-state index in [9.17, 15) is 5.11 Å². The van der Waals surface area contributed by atoms with Gasteiger partial charge in [0.05, 0.1) is 12.7 Å². The van der Waals surface area contributed by atoms with Crippen molar-refractivity contribution in [2.75, 3.05) is 39.9 Å². The molecule has 2 aliphatic rings. The fourth-order valence-electron chi connectivity index (χ4n) is 4.14. The first kappa shape index (κ1) is 17.2. The summed E-state index contributed by atoms with van der Waals surface area (Å²) in [6.07, 6.45) is 8.82. The minimum Gasteiger partial charge on any atom is -0.394 e. The number of nitrogens with zero attached hydrogens (tertiary/aromatic N) is 1. The van der Waals surface area contributed by atoms with Crippen molar-refractivity contribution < 1.29 is 9.84 Å². The monoisotopic (exact) mass is 298 g/mol. The Morgan fingerprint density at radius 2 is 2.05 bits per heavy atom. The Hall–Kier alpha value is -0.160. The van der Waals surface area contributed by atoms with E-state index in [1.165, 1.54) is 51.7 Å². The fraction of sp³-hybridized carbons (Fsp3) is 1.00. The third kappa shape index (κ3) is 4.41. The Labute approximate surface area is 130 Å². The molecule has 124 valence electrons. The lowest BCUT2D eigenvalue weighted by Crippen LogP contribution is -2.52. The predicted octanol–water partition coefficient (Wildman–Crippen LogP) is 2.02. The van der Waals surface area contributed by atoms with Crippen LogP contribution in [0.5, 0.6) is 0 Å². The number of hydrogen-bond donors (Lipinski definition) is 2. The number of aliphatic hydroxyl groups excluding tert-OH is 1. The molecule has 4 heteroatoms. The molecule has 2 N–H and O–H groups in total. The fourth-order valence-corrected chi connectivity index (χ4v) is 4.14. The Morgan fingerprint density at radius 3 is 2.67 bits per heavy atom. The van der Waals surface area contributed by atoms with Crippen molar-refractivity contribution in [2.24, 2.45) is 5.92 Å². The molecule has 1 saturated carbocycles. The van der Waals surface area contributed by atoms with Crippen molar-refractivity contribution in [1.29, 1.82) is 0 Å². The summed E-state index contributed by atoms with van der Waals surface area (Å²) in [5.74, 6) is 0.634. The summed E-state index contributed by atoms with van der Waals surface area (Å²) in [6, 6.07) is 0. The van der Waals surface area contributed by atoms with E-state index in [2.05, 4.69) is 17.1 Å². The number of aliphatic hydroxyl groups is 1. The van der Waals surface area contributed by atoms with Crippen LogP contribution >= 0.6 is 0 Å². The summed E-state index contributed by atoms with van der Waals surface area (Å²) >= 11 is 0. The second-order valence-corrected chi connectivity index (χ2v) is 6.90. The second-order valence-electron chi connectivity index (χ2n) is 6.90. The van der Waals surface area contributed by atoms with Crippen LogP contribution in [0, 0.1) is 5.92 Å². The highest BCUT2D eigenvalue weighted by Crippen LogP contribution is 2.38. The van der Waals surface area contributed by atoms with E-state index in [1.807, 2.05) is 7.11 Å². The minimum absolute atomic E-state index is 0.000855. The van der Waals surface area contributed by atoms with E-state index in [0.717, 1.165) is 19.4 Å². The molecule has 1 aliphatic heterocycles. The first-order valence-corrected chi connectivity index (χ1v) is 8.85. The molecule has 2 rings (SSSR count). The smallest absolute Gasteiger partial charge is 0.0616 e. The Morgan fingerprint density at radius 1 is 1.29 bits per heavy atom. The molecule has 0 aromatic heterocycles. The van der Waals surface area contributed by atoms with E-state index >= 15 is 0 Å². The van der Waals surface area contributed by atoms with Gasteiger partial charge in [-0.05, 0) is 57.5 Å². The zero-order valence-corrected chi connectivity index (χ0v) is 13.9. The summed E-state index contributed by atoms with van der Waals surface area (Å²) in [7, 11) is 1.83. The summed E-state index contributed by atoms with van der Waals surface area (Å²) < 4.78 is 5.44. The van der Waals surface area contributed by atoms with Crippen molar-refractivity contribution in [3.05, 3.63) is 0 Å². The van der Waals surface area contributed by atoms with Gasteiger partial charge in [-0.15, -0.1) is 0 Å². The van der Waals surface area contributed by atoms with Crippen LogP contribution in [0.3, 0.4) is 0 Å². The van der Waals surface area contributed by atoms with E-state index in [0.29, 0.717) is 18.6 Å². The maximum atomic E-state index is 9.92. The maximum Gasteiger partial charge on any atom is 0.0616 e. The maximum absolute atomic E-state index is 9.92. The Balaban J connectivity index is 1.78. The van der Waals surface area contributed by atoms with Gasteiger partial charge in [-0.25, -0.2) is 0 Å². The molecule has 2 atom stereocenters. The van der Waals surface area contributed by atoms with Gasteiger partial charge in [-0.1, -0.05) is 13.3 Å². The van der Waals surface area contributed by atoms with E-state index in [4.69, 9.17) is 4.74 Å². The van der Waals surface area contributed by atoms with Crippen molar-refractivity contribution >= 4 is 0 Å². The Kier molecular flexibility index (Phi) is 6.93. The number of rotatable bonds is 8. The number of methoxy groups -OCH3 is 1. The van der Waals surface area contributed by atoms with Gasteiger partial charge < -0.3 is 20.1 Å². The number of ether oxygens (including phenoxy) is 1. The van der Waals surface area contributed by atoms with Crippen molar-refractivity contribution in [1.82, 2.24) is 10.2 Å². The average Bonchev–Trinajstić information content (AvgIpc) is 2.94. The lowest BCUT2D eigenvalue weighted by atomic mass is 9.84. The molecular weight excluding hydrogens is 264 g/mol. The molecule has 21 heavy (non-hydrogen) atoms. The number of nitrogens with one attached hydrogen (secondary N) is 1. The molecule has 0 amide bonds. The highest BCUT2D eigenvalue weighted by Gasteiger charge is 2.41. The summed E-state index contributed by atoms with van der Waals surface area (Å²) in [5, 5.41) is 13.6. The van der Waals surface area contributed by atoms with E-state index in [-0.39, 0.29) is 5.54 Å². The molecule has 0 radical (unpaired) electrons. The number of hydrogen-bond acceptors (Lipinski definition) is 4. The normalized spacial score (nSPS) is 31.9. The number of piperidine rings is 1. The average molecular weight is 298 g/mol. The topological polar surface area (TPSA) is 44.7 Å². The lowest BCUT2D eigenvalue weighted by Gasteiger charge is -2.37. The largest absolute Gasteiger partial charge is 0.394 e. The minimum atomic E-state index is 0.000855. The van der Waals surface area contributed by atoms with Crippen LogP contribution in [0.25, 0.3) is 0 Å². The molecule has 2 fully saturated rings. The third-order valence-electron chi connectivity index (χ3n) is 5.63. The van der Waals surface area contributed by atoms with Gasteiger partial charge in [0, 0.05) is 25.7 Å². The molecule has 1 aliphatic carbocycles. The SMILES string of the molecule is CCCNC1(CO)CCCC1CCN1CCC(OC)CC1. The quantitative estimate of drug-likeness (QED) is 0.719. The van der Waals surface area contributed by atoms with Gasteiger partial charge in [0.15, 0.2) is 0 Å². The first-order valence-electron chi connectivity index (χ1n) is 8.85. The molecule has 0 aromatic rings. The second kappa shape index (κ2) is 8.47. The molecule has 1 saturated heterocycles. The number of likely N-dealkylation sites (tertiary alicyclic amines) is 1. The van der Waals surface area contributed by atoms with Crippen molar-refractivity contribution in [2.45, 2.75) is 63.5 Å². The molecule has 0 aromatic carbocycles. The lowest BCUT2D eigenvalue weighted by molar-refractivity contribution is 0.0367. The molecule has 0 bridgehead atoms. The van der Waals surface area contributed by atoms with Crippen LogP contribution in [0.4, 0.5) is 0 Å². The van der Waals surface area contributed by atoms with Crippen LogP contribution in [-0.2, 0) is 4.74 Å². The highest BCUT2D eigenvalue weighted by molar-refractivity contribution is 4.99. The van der Waals surface area contributed by atoms with Crippen LogP contribution in [0.2, 0.25) is 0 Å². The Bertz CT molecular complexity index is 293.